The lowest BCUT2D eigenvalue weighted by Gasteiger charge is -2.19. The van der Waals surface area contributed by atoms with Crippen molar-refractivity contribution in [3.63, 3.8) is 0 Å². The number of nitrogens with one attached hydrogen (secondary N) is 1. The zero-order chi connectivity index (χ0) is 19.1. The van der Waals surface area contributed by atoms with Crippen LogP contribution in [-0.2, 0) is 0 Å². The van der Waals surface area contributed by atoms with Crippen molar-refractivity contribution in [2.75, 3.05) is 18.4 Å². The Kier molecular flexibility index (Phi) is 6.66. The monoisotopic (exact) mass is 362 g/mol. The summed E-state index contributed by atoms with van der Waals surface area (Å²) in [4.78, 5) is 26.3. The van der Waals surface area contributed by atoms with Gasteiger partial charge >= 0.3 is 6.61 Å². The SMILES string of the molecule is CCN(CC)C(=O)c1cccc(NC(=O)c2ccc(OC(F)F)cc2)c1. The number of carbonyl (C=O) groups is 2. The Morgan fingerprint density at radius 1 is 1.04 bits per heavy atom. The molecule has 0 fully saturated rings. The Hall–Kier alpha value is -2.96. The fourth-order valence-electron chi connectivity index (χ4n) is 2.41. The number of halogens is 2. The van der Waals surface area contributed by atoms with Crippen LogP contribution >= 0.6 is 0 Å². The van der Waals surface area contributed by atoms with Crippen molar-refractivity contribution >= 4 is 17.5 Å². The highest BCUT2D eigenvalue weighted by Crippen LogP contribution is 2.17. The maximum Gasteiger partial charge on any atom is 0.387 e. The van der Waals surface area contributed by atoms with E-state index in [1.807, 2.05) is 13.8 Å². The largest absolute Gasteiger partial charge is 0.435 e. The molecule has 26 heavy (non-hydrogen) atoms. The average molecular weight is 362 g/mol. The van der Waals surface area contributed by atoms with Crippen LogP contribution < -0.4 is 10.1 Å². The molecule has 5 nitrogen and oxygen atoms in total. The normalized spacial score (nSPS) is 10.5. The molecule has 1 N–H and O–H groups in total. The summed E-state index contributed by atoms with van der Waals surface area (Å²) in [5, 5.41) is 2.69. The summed E-state index contributed by atoms with van der Waals surface area (Å²) in [5.41, 5.74) is 1.24. The van der Waals surface area contributed by atoms with E-state index in [-0.39, 0.29) is 17.2 Å². The van der Waals surface area contributed by atoms with Crippen LogP contribution in [0, 0.1) is 0 Å². The molecule has 0 bridgehead atoms. The minimum absolute atomic E-state index is 0.0247. The summed E-state index contributed by atoms with van der Waals surface area (Å²) in [7, 11) is 0. The second-order valence-corrected chi connectivity index (χ2v) is 5.42. The van der Waals surface area contributed by atoms with Gasteiger partial charge in [0, 0.05) is 29.9 Å². The van der Waals surface area contributed by atoms with E-state index in [1.54, 1.807) is 29.2 Å². The molecule has 0 heterocycles. The first-order valence-electron chi connectivity index (χ1n) is 8.20. The first kappa shape index (κ1) is 19.4. The highest BCUT2D eigenvalue weighted by atomic mass is 19.3. The number of rotatable bonds is 7. The minimum Gasteiger partial charge on any atom is -0.435 e. The first-order valence-corrected chi connectivity index (χ1v) is 8.20. The predicted molar refractivity (Wildman–Crippen MR) is 94.7 cm³/mol. The molecule has 0 aromatic heterocycles. The molecular formula is C19H20F2N2O3. The Balaban J connectivity index is 2.09. The summed E-state index contributed by atoms with van der Waals surface area (Å²) in [6.45, 7) is 2.07. The summed E-state index contributed by atoms with van der Waals surface area (Å²) in [5.74, 6) is -0.552. The molecule has 0 aliphatic heterocycles. The van der Waals surface area contributed by atoms with Crippen LogP contribution in [0.5, 0.6) is 5.75 Å². The smallest absolute Gasteiger partial charge is 0.387 e. The van der Waals surface area contributed by atoms with Crippen LogP contribution in [0.25, 0.3) is 0 Å². The van der Waals surface area contributed by atoms with Crippen molar-refractivity contribution in [2.24, 2.45) is 0 Å². The number of carbonyl (C=O) groups excluding carboxylic acids is 2. The maximum absolute atomic E-state index is 12.4. The highest BCUT2D eigenvalue weighted by Gasteiger charge is 2.14. The number of nitrogens with zero attached hydrogens (tertiary/aromatic N) is 1. The van der Waals surface area contributed by atoms with Crippen molar-refractivity contribution in [2.45, 2.75) is 20.5 Å². The topological polar surface area (TPSA) is 58.6 Å². The Labute approximate surface area is 150 Å². The number of hydrogen-bond acceptors (Lipinski definition) is 3. The van der Waals surface area contributed by atoms with Gasteiger partial charge in [-0.2, -0.15) is 8.78 Å². The third-order valence-corrected chi connectivity index (χ3v) is 3.76. The second kappa shape index (κ2) is 8.94. The molecule has 0 aliphatic carbocycles. The molecule has 0 atom stereocenters. The summed E-state index contributed by atoms with van der Waals surface area (Å²) >= 11 is 0. The van der Waals surface area contributed by atoms with Crippen molar-refractivity contribution < 1.29 is 23.1 Å². The van der Waals surface area contributed by atoms with E-state index in [0.717, 1.165) is 0 Å². The van der Waals surface area contributed by atoms with Crippen molar-refractivity contribution in [1.82, 2.24) is 4.90 Å². The Morgan fingerprint density at radius 2 is 1.69 bits per heavy atom. The fraction of sp³-hybridized carbons (Fsp3) is 0.263. The van der Waals surface area contributed by atoms with Gasteiger partial charge in [0.2, 0.25) is 0 Å². The number of anilines is 1. The number of ether oxygens (including phenoxy) is 1. The van der Waals surface area contributed by atoms with Gasteiger partial charge in [-0.15, -0.1) is 0 Å². The van der Waals surface area contributed by atoms with Gasteiger partial charge in [-0.1, -0.05) is 6.07 Å². The molecular weight excluding hydrogens is 342 g/mol. The third-order valence-electron chi connectivity index (χ3n) is 3.76. The van der Waals surface area contributed by atoms with Crippen molar-refractivity contribution in [1.29, 1.82) is 0 Å². The van der Waals surface area contributed by atoms with Crippen molar-refractivity contribution in [3.05, 3.63) is 59.7 Å². The molecule has 7 heteroatoms. The van der Waals surface area contributed by atoms with Crippen molar-refractivity contribution in [3.8, 4) is 5.75 Å². The zero-order valence-corrected chi connectivity index (χ0v) is 14.5. The van der Waals surface area contributed by atoms with Crippen LogP contribution in [0.2, 0.25) is 0 Å². The molecule has 2 rings (SSSR count). The third kappa shape index (κ3) is 5.02. The van der Waals surface area contributed by atoms with E-state index in [2.05, 4.69) is 10.1 Å². The Morgan fingerprint density at radius 3 is 2.27 bits per heavy atom. The lowest BCUT2D eigenvalue weighted by atomic mass is 10.1. The van der Waals surface area contributed by atoms with Gasteiger partial charge in [0.25, 0.3) is 11.8 Å². The highest BCUT2D eigenvalue weighted by molar-refractivity contribution is 6.05. The number of hydrogen-bond donors (Lipinski definition) is 1. The molecule has 138 valence electrons. The van der Waals surface area contributed by atoms with Gasteiger partial charge in [-0.05, 0) is 56.3 Å². The van der Waals surface area contributed by atoms with Crippen LogP contribution in [0.15, 0.2) is 48.5 Å². The summed E-state index contributed by atoms with van der Waals surface area (Å²) in [6.07, 6.45) is 0. The molecule has 0 aliphatic rings. The fourth-order valence-corrected chi connectivity index (χ4v) is 2.41. The van der Waals surface area contributed by atoms with E-state index in [1.165, 1.54) is 24.3 Å². The van der Waals surface area contributed by atoms with E-state index in [4.69, 9.17) is 0 Å². The second-order valence-electron chi connectivity index (χ2n) is 5.42. The number of benzene rings is 2. The van der Waals surface area contributed by atoms with Crippen LogP contribution in [0.3, 0.4) is 0 Å². The molecule has 0 unspecified atom stereocenters. The van der Waals surface area contributed by atoms with Gasteiger partial charge in [0.05, 0.1) is 0 Å². The molecule has 2 aromatic carbocycles. The Bertz CT molecular complexity index is 760. The maximum atomic E-state index is 12.4. The number of amides is 2. The van der Waals surface area contributed by atoms with Gasteiger partial charge in [-0.3, -0.25) is 9.59 Å². The van der Waals surface area contributed by atoms with Gasteiger partial charge in [0.1, 0.15) is 5.75 Å². The molecule has 2 amide bonds. The quantitative estimate of drug-likeness (QED) is 0.809. The summed E-state index contributed by atoms with van der Waals surface area (Å²) < 4.78 is 28.5. The minimum atomic E-state index is -2.92. The van der Waals surface area contributed by atoms with E-state index in [9.17, 15) is 18.4 Å². The first-order chi connectivity index (χ1) is 12.4. The van der Waals surface area contributed by atoms with Crippen LogP contribution in [0.1, 0.15) is 34.6 Å². The van der Waals surface area contributed by atoms with Crippen LogP contribution in [0.4, 0.5) is 14.5 Å². The standard InChI is InChI=1S/C19H20F2N2O3/c1-3-23(4-2)18(25)14-6-5-7-15(12-14)22-17(24)13-8-10-16(11-9-13)26-19(20)21/h5-12,19H,3-4H2,1-2H3,(H,22,24). The van der Waals surface area contributed by atoms with E-state index < -0.39 is 12.5 Å². The van der Waals surface area contributed by atoms with E-state index >= 15 is 0 Å². The van der Waals surface area contributed by atoms with E-state index in [0.29, 0.717) is 24.3 Å². The molecule has 2 aromatic rings. The summed E-state index contributed by atoms with van der Waals surface area (Å²) in [6, 6.07) is 12.0. The lowest BCUT2D eigenvalue weighted by molar-refractivity contribution is -0.0498. The van der Waals surface area contributed by atoms with Gasteiger partial charge < -0.3 is 15.0 Å². The zero-order valence-electron chi connectivity index (χ0n) is 14.5. The lowest BCUT2D eigenvalue weighted by Crippen LogP contribution is -2.30. The van der Waals surface area contributed by atoms with Gasteiger partial charge in [-0.25, -0.2) is 0 Å². The molecule has 0 radical (unpaired) electrons. The molecule has 0 saturated carbocycles. The van der Waals surface area contributed by atoms with Gasteiger partial charge in [0.15, 0.2) is 0 Å². The molecule has 0 spiro atoms. The number of alkyl halides is 2. The van der Waals surface area contributed by atoms with Crippen LogP contribution in [-0.4, -0.2) is 36.4 Å². The predicted octanol–water partition coefficient (Wildman–Crippen LogP) is 4.02. The molecule has 0 saturated heterocycles. The average Bonchev–Trinajstić information content (AvgIpc) is 2.63.